The van der Waals surface area contributed by atoms with Crippen LogP contribution in [0, 0.1) is 11.8 Å². The molecule has 0 aliphatic rings. The maximum atomic E-state index is 13.5. The zero-order valence-electron chi connectivity index (χ0n) is 17.7. The number of benzene rings is 2. The summed E-state index contributed by atoms with van der Waals surface area (Å²) in [7, 11) is 0. The van der Waals surface area contributed by atoms with Crippen molar-refractivity contribution in [3.05, 3.63) is 75.4 Å². The Morgan fingerprint density at radius 2 is 1.16 bits per heavy atom. The Morgan fingerprint density at radius 3 is 1.58 bits per heavy atom. The average molecular weight is 460 g/mol. The number of rotatable bonds is 9. The fourth-order valence-electron chi connectivity index (χ4n) is 3.53. The van der Waals surface area contributed by atoms with Gasteiger partial charge in [-0.2, -0.15) is 0 Å². The topological polar surface area (TPSA) is 80.3 Å². The lowest BCUT2D eigenvalue weighted by Crippen LogP contribution is -2.37. The van der Waals surface area contributed by atoms with E-state index in [-0.39, 0.29) is 11.1 Å². The number of halogens is 2. The molecule has 0 saturated heterocycles. The molecule has 0 spiro atoms. The minimum absolute atomic E-state index is 0.0744. The molecule has 0 aromatic heterocycles. The van der Waals surface area contributed by atoms with Gasteiger partial charge in [-0.1, -0.05) is 23.2 Å². The van der Waals surface area contributed by atoms with Crippen LogP contribution in [0.15, 0.2) is 59.8 Å². The smallest absolute Gasteiger partial charge is 0.171 e. The molecule has 1 N–H and O–H groups in total. The summed E-state index contributed by atoms with van der Waals surface area (Å²) >= 11 is 11.8. The van der Waals surface area contributed by atoms with Crippen molar-refractivity contribution < 1.29 is 19.2 Å². The second kappa shape index (κ2) is 10.5. The number of Topliss-reactive ketones (excluding diaryl/α,β-unsaturated/α-hetero) is 4. The summed E-state index contributed by atoms with van der Waals surface area (Å²) < 4.78 is 0. The third-order valence-corrected chi connectivity index (χ3v) is 5.39. The molecule has 0 saturated carbocycles. The van der Waals surface area contributed by atoms with Crippen molar-refractivity contribution in [2.24, 2.45) is 11.8 Å². The predicted molar refractivity (Wildman–Crippen MR) is 123 cm³/mol. The highest BCUT2D eigenvalue weighted by atomic mass is 35.5. The molecule has 0 bridgehead atoms. The molecule has 1 atom stereocenters. The predicted octanol–water partition coefficient (Wildman–Crippen LogP) is 5.56. The molecule has 31 heavy (non-hydrogen) atoms. The Bertz CT molecular complexity index is 1030. The van der Waals surface area contributed by atoms with Crippen molar-refractivity contribution >= 4 is 52.0 Å². The Hall–Kier alpha value is -2.76. The third-order valence-electron chi connectivity index (χ3n) is 4.89. The van der Waals surface area contributed by atoms with Crippen LogP contribution in [-0.4, -0.2) is 23.1 Å². The van der Waals surface area contributed by atoms with E-state index < -0.39 is 35.0 Å². The lowest BCUT2D eigenvalue weighted by molar-refractivity contribution is -0.131. The average Bonchev–Trinajstić information content (AvgIpc) is 2.68. The summed E-state index contributed by atoms with van der Waals surface area (Å²) in [5.41, 5.74) is 1.33. The van der Waals surface area contributed by atoms with E-state index in [2.05, 4.69) is 5.32 Å². The molecule has 0 heterocycles. The van der Waals surface area contributed by atoms with E-state index in [1.54, 1.807) is 43.3 Å². The van der Waals surface area contributed by atoms with E-state index in [0.29, 0.717) is 21.4 Å². The molecule has 0 aliphatic carbocycles. The molecule has 2 aromatic rings. The van der Waals surface area contributed by atoms with Gasteiger partial charge < -0.3 is 5.32 Å². The van der Waals surface area contributed by atoms with Crippen LogP contribution in [0.25, 0.3) is 0 Å². The van der Waals surface area contributed by atoms with Gasteiger partial charge in [0.2, 0.25) is 0 Å². The van der Waals surface area contributed by atoms with Crippen LogP contribution in [0.2, 0.25) is 10.0 Å². The lowest BCUT2D eigenvalue weighted by atomic mass is 9.74. The summed E-state index contributed by atoms with van der Waals surface area (Å²) in [5, 5.41) is 4.06. The van der Waals surface area contributed by atoms with Crippen LogP contribution in [0.5, 0.6) is 0 Å². The van der Waals surface area contributed by atoms with E-state index in [4.69, 9.17) is 23.2 Å². The minimum atomic E-state index is -1.29. The number of allylic oxidation sites excluding steroid dienone is 2. The molecule has 0 fully saturated rings. The first kappa shape index (κ1) is 24.5. The van der Waals surface area contributed by atoms with Crippen molar-refractivity contribution in [1.29, 1.82) is 0 Å². The SMILES string of the molecule is CC(=O)C(=C(C)Nc1ccc(Cl)cc1)C(C(=O)c1ccc(Cl)cc1)C(C(C)=O)C(C)=O. The summed E-state index contributed by atoms with van der Waals surface area (Å²) in [5.74, 6) is -4.46. The van der Waals surface area contributed by atoms with Gasteiger partial charge >= 0.3 is 0 Å². The first-order chi connectivity index (χ1) is 14.5. The summed E-state index contributed by atoms with van der Waals surface area (Å²) in [4.78, 5) is 51.0. The molecule has 0 amide bonds. The van der Waals surface area contributed by atoms with Crippen molar-refractivity contribution in [3.8, 4) is 0 Å². The van der Waals surface area contributed by atoms with Crippen LogP contribution < -0.4 is 5.32 Å². The van der Waals surface area contributed by atoms with Gasteiger partial charge in [-0.15, -0.1) is 0 Å². The van der Waals surface area contributed by atoms with Gasteiger partial charge in [-0.05, 0) is 76.2 Å². The normalized spacial score (nSPS) is 12.7. The number of carbonyl (C=O) groups excluding carboxylic acids is 4. The zero-order valence-corrected chi connectivity index (χ0v) is 19.2. The Morgan fingerprint density at radius 1 is 0.710 bits per heavy atom. The Kier molecular flexibility index (Phi) is 8.31. The quantitative estimate of drug-likeness (QED) is 0.301. The van der Waals surface area contributed by atoms with Crippen LogP contribution >= 0.6 is 23.2 Å². The first-order valence-electron chi connectivity index (χ1n) is 9.58. The van der Waals surface area contributed by atoms with E-state index in [1.807, 2.05) is 0 Å². The van der Waals surface area contributed by atoms with Gasteiger partial charge in [0.15, 0.2) is 11.6 Å². The van der Waals surface area contributed by atoms with Gasteiger partial charge in [0.05, 0.1) is 11.8 Å². The molecular formula is C24H23Cl2NO4. The van der Waals surface area contributed by atoms with Gasteiger partial charge in [-0.25, -0.2) is 0 Å². The van der Waals surface area contributed by atoms with E-state index in [0.717, 1.165) is 0 Å². The van der Waals surface area contributed by atoms with Crippen LogP contribution in [0.4, 0.5) is 5.69 Å². The summed E-state index contributed by atoms with van der Waals surface area (Å²) in [6.07, 6.45) is 0. The second-order valence-corrected chi connectivity index (χ2v) is 8.15. The Labute approximate surface area is 191 Å². The maximum absolute atomic E-state index is 13.5. The molecule has 2 rings (SSSR count). The van der Waals surface area contributed by atoms with E-state index in [1.165, 1.54) is 32.9 Å². The number of anilines is 1. The molecule has 0 aliphatic heterocycles. The van der Waals surface area contributed by atoms with Crippen LogP contribution in [0.1, 0.15) is 38.1 Å². The van der Waals surface area contributed by atoms with Crippen molar-refractivity contribution in [2.45, 2.75) is 27.7 Å². The van der Waals surface area contributed by atoms with E-state index in [9.17, 15) is 19.2 Å². The van der Waals surface area contributed by atoms with Gasteiger partial charge in [0.1, 0.15) is 11.6 Å². The van der Waals surface area contributed by atoms with Crippen LogP contribution in [-0.2, 0) is 14.4 Å². The maximum Gasteiger partial charge on any atom is 0.171 e. The molecule has 5 nitrogen and oxygen atoms in total. The van der Waals surface area contributed by atoms with Gasteiger partial charge in [0.25, 0.3) is 0 Å². The van der Waals surface area contributed by atoms with Crippen molar-refractivity contribution in [3.63, 3.8) is 0 Å². The molecular weight excluding hydrogens is 437 g/mol. The largest absolute Gasteiger partial charge is 0.359 e. The molecule has 7 heteroatoms. The first-order valence-corrected chi connectivity index (χ1v) is 10.3. The number of ketones is 4. The molecule has 2 aromatic carbocycles. The highest BCUT2D eigenvalue weighted by Crippen LogP contribution is 2.31. The van der Waals surface area contributed by atoms with E-state index >= 15 is 0 Å². The highest BCUT2D eigenvalue weighted by Gasteiger charge is 2.40. The number of hydrogen-bond donors (Lipinski definition) is 1. The lowest BCUT2D eigenvalue weighted by Gasteiger charge is -2.26. The zero-order chi connectivity index (χ0) is 23.3. The standard InChI is InChI=1S/C24H23Cl2NO4/c1-13(27-20-11-9-19(26)10-12-20)21(14(2)28)23(22(15(3)29)16(4)30)24(31)17-5-7-18(25)8-6-17/h5-12,22-23,27H,1-4H3. The number of carbonyl (C=O) groups is 4. The highest BCUT2D eigenvalue weighted by molar-refractivity contribution is 6.31. The molecule has 1 unspecified atom stereocenters. The molecule has 0 radical (unpaired) electrons. The fraction of sp³-hybridized carbons (Fsp3) is 0.250. The minimum Gasteiger partial charge on any atom is -0.359 e. The number of hydrogen-bond acceptors (Lipinski definition) is 5. The summed E-state index contributed by atoms with van der Waals surface area (Å²) in [6.45, 7) is 5.43. The third kappa shape index (κ3) is 6.12. The summed E-state index contributed by atoms with van der Waals surface area (Å²) in [6, 6.07) is 12.9. The molecule has 162 valence electrons. The van der Waals surface area contributed by atoms with Gasteiger partial charge in [0, 0.05) is 32.6 Å². The van der Waals surface area contributed by atoms with Crippen LogP contribution in [0.3, 0.4) is 0 Å². The van der Waals surface area contributed by atoms with Gasteiger partial charge in [-0.3, -0.25) is 19.2 Å². The monoisotopic (exact) mass is 459 g/mol. The Balaban J connectivity index is 2.66. The van der Waals surface area contributed by atoms with Crippen molar-refractivity contribution in [1.82, 2.24) is 0 Å². The second-order valence-electron chi connectivity index (χ2n) is 7.27. The van der Waals surface area contributed by atoms with Crippen molar-refractivity contribution in [2.75, 3.05) is 5.32 Å². The fourth-order valence-corrected chi connectivity index (χ4v) is 3.78. The number of nitrogens with one attached hydrogen (secondary N) is 1.